The van der Waals surface area contributed by atoms with E-state index in [1.165, 1.54) is 93.9 Å². The zero-order valence-corrected chi connectivity index (χ0v) is 32.3. The summed E-state index contributed by atoms with van der Waals surface area (Å²) in [5, 5.41) is 11.0. The van der Waals surface area contributed by atoms with E-state index in [2.05, 4.69) is 50.3 Å². The van der Waals surface area contributed by atoms with E-state index < -0.39 is 44.3 Å². The second kappa shape index (κ2) is 25.3. The van der Waals surface area contributed by atoms with Gasteiger partial charge in [-0.1, -0.05) is 90.4 Å². The molecule has 1 aromatic rings. The summed E-state index contributed by atoms with van der Waals surface area (Å²) in [6, 6.07) is 3.60. The minimum Gasteiger partial charge on any atom is -0.374 e. The van der Waals surface area contributed by atoms with Crippen molar-refractivity contribution in [2.45, 2.75) is 168 Å². The van der Waals surface area contributed by atoms with E-state index in [0.29, 0.717) is 0 Å². The minimum atomic E-state index is -1.63. The Bertz CT molecular complexity index is 1150. The summed E-state index contributed by atoms with van der Waals surface area (Å²) in [4.78, 5) is 33.1. The van der Waals surface area contributed by atoms with E-state index in [1.807, 2.05) is 12.1 Å². The molecule has 0 aromatic carbocycles. The highest BCUT2D eigenvalue weighted by atomic mass is 31.2. The lowest BCUT2D eigenvalue weighted by molar-refractivity contribution is -0.178. The van der Waals surface area contributed by atoms with Crippen molar-refractivity contribution in [3.63, 3.8) is 0 Å². The molecule has 0 radical (unpaired) electrons. The maximum absolute atomic E-state index is 12.8. The molecule has 282 valence electrons. The number of unbranched alkanes of at least 4 members (excludes halogenated alkanes) is 13. The van der Waals surface area contributed by atoms with Gasteiger partial charge in [-0.3, -0.25) is 19.2 Å². The third-order valence-electron chi connectivity index (χ3n) is 8.84. The van der Waals surface area contributed by atoms with Gasteiger partial charge in [0.1, 0.15) is 18.3 Å². The summed E-state index contributed by atoms with van der Waals surface area (Å²) in [6.07, 6.45) is 17.1. The second-order valence-corrected chi connectivity index (χ2v) is 15.0. The first kappa shape index (κ1) is 43.5. The van der Waals surface area contributed by atoms with Gasteiger partial charge in [0, 0.05) is 45.0 Å². The summed E-state index contributed by atoms with van der Waals surface area (Å²) < 4.78 is 28.7. The Labute approximate surface area is 296 Å². The Kier molecular flexibility index (Phi) is 22.5. The lowest BCUT2D eigenvalue weighted by atomic mass is 10.0. The van der Waals surface area contributed by atoms with E-state index in [-0.39, 0.29) is 31.7 Å². The Morgan fingerprint density at radius 3 is 2.02 bits per heavy atom. The molecule has 0 saturated carbocycles. The van der Waals surface area contributed by atoms with Crippen molar-refractivity contribution < 1.29 is 23.4 Å². The monoisotopic (exact) mass is 711 g/mol. The van der Waals surface area contributed by atoms with Crippen LogP contribution < -0.4 is 11.2 Å². The molecule has 1 aliphatic heterocycles. The number of hydroxylamine groups is 2. The number of nitrogens with zero attached hydrogens (tertiary/aromatic N) is 4. The molecule has 0 amide bonds. The quantitative estimate of drug-likeness (QED) is 0.0531. The van der Waals surface area contributed by atoms with Crippen molar-refractivity contribution in [3.8, 4) is 6.07 Å². The van der Waals surface area contributed by atoms with Gasteiger partial charge in [0.2, 0.25) is 0 Å². The highest BCUT2D eigenvalue weighted by Crippen LogP contribution is 2.50. The topological polar surface area (TPSA) is 131 Å². The van der Waals surface area contributed by atoms with Gasteiger partial charge in [-0.2, -0.15) is 10.3 Å². The van der Waals surface area contributed by atoms with Crippen LogP contribution in [0.15, 0.2) is 21.9 Å². The number of aromatic amines is 1. The van der Waals surface area contributed by atoms with Crippen LogP contribution in [0.1, 0.15) is 137 Å². The Balaban J connectivity index is 1.96. The molecule has 1 aliphatic rings. The molecule has 13 heteroatoms. The Hall–Kier alpha value is -1.68. The number of hydrogen-bond acceptors (Lipinski definition) is 10. The molecule has 2 heterocycles. The summed E-state index contributed by atoms with van der Waals surface area (Å²) in [5.74, 6) is 0. The maximum atomic E-state index is 12.8. The molecule has 2 rings (SSSR count). The first-order chi connectivity index (χ1) is 23.6. The Morgan fingerprint density at radius 1 is 0.939 bits per heavy atom. The molecule has 1 fully saturated rings. The first-order valence-electron chi connectivity index (χ1n) is 18.7. The molecule has 0 spiro atoms. The summed E-state index contributed by atoms with van der Waals surface area (Å²) in [7, 11) is 1.83. The van der Waals surface area contributed by atoms with Gasteiger partial charge in [0.25, 0.3) is 14.1 Å². The number of methoxy groups -OCH3 is 1. The molecule has 3 unspecified atom stereocenters. The van der Waals surface area contributed by atoms with Gasteiger partial charge < -0.3 is 18.5 Å². The van der Waals surface area contributed by atoms with Crippen LogP contribution in [0.25, 0.3) is 0 Å². The van der Waals surface area contributed by atoms with E-state index in [9.17, 15) is 9.59 Å². The molecular formula is C36H66N5O7P. The van der Waals surface area contributed by atoms with Crippen LogP contribution in [0.5, 0.6) is 0 Å². The highest BCUT2D eigenvalue weighted by Gasteiger charge is 2.50. The van der Waals surface area contributed by atoms with Crippen LogP contribution in [0, 0.1) is 11.3 Å². The summed E-state index contributed by atoms with van der Waals surface area (Å²) in [6.45, 7) is 11.7. The van der Waals surface area contributed by atoms with E-state index in [0.717, 1.165) is 19.4 Å². The van der Waals surface area contributed by atoms with Gasteiger partial charge in [-0.05, 0) is 34.1 Å². The van der Waals surface area contributed by atoms with Crippen molar-refractivity contribution in [2.24, 2.45) is 0 Å². The predicted octanol–water partition coefficient (Wildman–Crippen LogP) is 7.45. The van der Waals surface area contributed by atoms with E-state index in [1.54, 1.807) is 7.11 Å². The lowest BCUT2D eigenvalue weighted by Gasteiger charge is -2.38. The SMILES string of the molecule is CCCCCCCCCCCCCCCCN(C)OC[C@H]1O[C@@H](n2ccc(=O)[nH]c2=O)C(OC)C1OP(OCCC#N)N(C(C)C)C(C)C. The number of rotatable bonds is 28. The normalized spacial score (nSPS) is 20.2. The van der Waals surface area contributed by atoms with Crippen molar-refractivity contribution in [2.75, 3.05) is 33.9 Å². The van der Waals surface area contributed by atoms with Crippen LogP contribution in [-0.4, -0.2) is 83.6 Å². The smallest absolute Gasteiger partial charge is 0.330 e. The minimum absolute atomic E-state index is 0.0973. The molecule has 12 nitrogen and oxygen atoms in total. The molecule has 1 aromatic heterocycles. The second-order valence-electron chi connectivity index (χ2n) is 13.6. The third kappa shape index (κ3) is 16.0. The molecule has 0 bridgehead atoms. The van der Waals surface area contributed by atoms with Crippen LogP contribution in [0.4, 0.5) is 0 Å². The molecule has 0 aliphatic carbocycles. The fourth-order valence-electron chi connectivity index (χ4n) is 6.26. The number of nitriles is 1. The third-order valence-corrected chi connectivity index (χ3v) is 11.0. The summed E-state index contributed by atoms with van der Waals surface area (Å²) in [5.41, 5.74) is -1.10. The number of ether oxygens (including phenoxy) is 2. The Morgan fingerprint density at radius 2 is 1.51 bits per heavy atom. The van der Waals surface area contributed by atoms with E-state index >= 15 is 0 Å². The largest absolute Gasteiger partial charge is 0.374 e. The predicted molar refractivity (Wildman–Crippen MR) is 195 cm³/mol. The number of nitrogens with one attached hydrogen (secondary N) is 1. The van der Waals surface area contributed by atoms with Gasteiger partial charge >= 0.3 is 5.69 Å². The van der Waals surface area contributed by atoms with Crippen molar-refractivity contribution in [3.05, 3.63) is 33.1 Å². The molecule has 1 N–H and O–H groups in total. The average Bonchev–Trinajstić information content (AvgIpc) is 3.40. The number of hydrogen-bond donors (Lipinski definition) is 1. The van der Waals surface area contributed by atoms with Crippen molar-refractivity contribution >= 4 is 8.53 Å². The zero-order chi connectivity index (χ0) is 36.0. The van der Waals surface area contributed by atoms with Crippen LogP contribution >= 0.6 is 8.53 Å². The van der Waals surface area contributed by atoms with Crippen LogP contribution in [0.2, 0.25) is 0 Å². The fraction of sp³-hybridized carbons (Fsp3) is 0.861. The number of H-pyrrole nitrogens is 1. The highest BCUT2D eigenvalue weighted by molar-refractivity contribution is 7.44. The summed E-state index contributed by atoms with van der Waals surface area (Å²) >= 11 is 0. The van der Waals surface area contributed by atoms with Gasteiger partial charge in [-0.25, -0.2) is 9.46 Å². The molecule has 49 heavy (non-hydrogen) atoms. The molecule has 1 saturated heterocycles. The zero-order valence-electron chi connectivity index (χ0n) is 31.4. The van der Waals surface area contributed by atoms with E-state index in [4.69, 9.17) is 28.6 Å². The average molecular weight is 712 g/mol. The maximum Gasteiger partial charge on any atom is 0.330 e. The lowest BCUT2D eigenvalue weighted by Crippen LogP contribution is -2.42. The van der Waals surface area contributed by atoms with Crippen molar-refractivity contribution in [1.29, 1.82) is 5.26 Å². The van der Waals surface area contributed by atoms with Gasteiger partial charge in [0.05, 0.1) is 25.7 Å². The number of aromatic nitrogens is 2. The standard InChI is InChI=1S/C36H66N5O7P/c1-8-9-10-11-12-13-14-15-16-17-18-19-20-21-25-39(6)45-28-31-33(48-49(46-27-22-24-37)41(29(2)3)30(4)5)34(44-7)35(47-31)40-26-23-32(42)38-36(40)43/h23,26,29-31,33-35H,8-22,25,27-28H2,1-7H3,(H,38,42,43)/t31-,33?,34?,35-,49?/m1/s1. The van der Waals surface area contributed by atoms with Crippen molar-refractivity contribution in [1.82, 2.24) is 19.3 Å². The van der Waals surface area contributed by atoms with Crippen LogP contribution in [-0.2, 0) is 23.4 Å². The van der Waals surface area contributed by atoms with Crippen LogP contribution in [0.3, 0.4) is 0 Å². The molecular weight excluding hydrogens is 645 g/mol. The van der Waals surface area contributed by atoms with Gasteiger partial charge in [0.15, 0.2) is 6.23 Å². The fourth-order valence-corrected chi connectivity index (χ4v) is 8.03. The molecule has 5 atom stereocenters. The first-order valence-corrected chi connectivity index (χ1v) is 19.9. The van der Waals surface area contributed by atoms with Gasteiger partial charge in [-0.15, -0.1) is 0 Å².